The largest absolute Gasteiger partial charge is 0.379 e. The van der Waals surface area contributed by atoms with Crippen molar-refractivity contribution in [2.75, 3.05) is 26.3 Å². The molecule has 0 bridgehead atoms. The first kappa shape index (κ1) is 12.7. The molecule has 0 atom stereocenters. The lowest BCUT2D eigenvalue weighted by Gasteiger charge is -2.39. The highest BCUT2D eigenvalue weighted by atomic mass is 16.5. The molecule has 1 saturated carbocycles. The molecule has 1 aliphatic heterocycles. The van der Waals surface area contributed by atoms with Gasteiger partial charge >= 0.3 is 0 Å². The molecule has 0 N–H and O–H groups in total. The van der Waals surface area contributed by atoms with Gasteiger partial charge in [-0.05, 0) is 25.0 Å². The molecule has 0 radical (unpaired) electrons. The smallest absolute Gasteiger partial charge is 0.0831 e. The van der Waals surface area contributed by atoms with E-state index in [-0.39, 0.29) is 5.54 Å². The van der Waals surface area contributed by atoms with E-state index in [9.17, 15) is 0 Å². The zero-order chi connectivity index (χ0) is 13.0. The maximum atomic E-state index is 5.48. The number of nitrogens with zero attached hydrogens (tertiary/aromatic N) is 1. The van der Waals surface area contributed by atoms with E-state index >= 15 is 0 Å². The first-order valence-corrected chi connectivity index (χ1v) is 7.30. The Balaban J connectivity index is 1.83. The van der Waals surface area contributed by atoms with Crippen LogP contribution in [-0.2, 0) is 4.74 Å². The average molecular weight is 255 g/mol. The first-order chi connectivity index (χ1) is 9.39. The lowest BCUT2D eigenvalue weighted by Crippen LogP contribution is -2.51. The Morgan fingerprint density at radius 3 is 2.37 bits per heavy atom. The van der Waals surface area contributed by atoms with E-state index in [0.717, 1.165) is 31.9 Å². The maximum absolute atomic E-state index is 5.48. The van der Waals surface area contributed by atoms with Gasteiger partial charge in [-0.25, -0.2) is 0 Å². The predicted octanol–water partition coefficient (Wildman–Crippen LogP) is 2.68. The molecule has 100 valence electrons. The molecule has 3 rings (SSSR count). The van der Waals surface area contributed by atoms with Gasteiger partial charge in [0.05, 0.1) is 18.8 Å². The van der Waals surface area contributed by atoms with Gasteiger partial charge in [0.15, 0.2) is 0 Å². The molecule has 1 aliphatic carbocycles. The third-order valence-corrected chi connectivity index (χ3v) is 4.26. The lowest BCUT2D eigenvalue weighted by atomic mass is 9.94. The van der Waals surface area contributed by atoms with Crippen molar-refractivity contribution in [3.63, 3.8) is 0 Å². The van der Waals surface area contributed by atoms with Crippen molar-refractivity contribution in [1.82, 2.24) is 4.90 Å². The van der Waals surface area contributed by atoms with E-state index in [0.29, 0.717) is 0 Å². The summed E-state index contributed by atoms with van der Waals surface area (Å²) in [5.74, 6) is 6.99. The minimum atomic E-state index is 0.111. The highest BCUT2D eigenvalue weighted by molar-refractivity contribution is 5.37. The highest BCUT2D eigenvalue weighted by Crippen LogP contribution is 2.35. The lowest BCUT2D eigenvalue weighted by molar-refractivity contribution is -0.000908. The first-order valence-electron chi connectivity index (χ1n) is 7.30. The van der Waals surface area contributed by atoms with Gasteiger partial charge in [-0.15, -0.1) is 0 Å². The van der Waals surface area contributed by atoms with Crippen LogP contribution in [0.1, 0.15) is 31.2 Å². The molecule has 1 aromatic rings. The Morgan fingerprint density at radius 1 is 1.00 bits per heavy atom. The SMILES string of the molecule is C(#CC1(N2CCOCC2)CCCC1)c1ccccc1. The van der Waals surface area contributed by atoms with Crippen LogP contribution in [0.2, 0.25) is 0 Å². The predicted molar refractivity (Wildman–Crippen MR) is 76.9 cm³/mol. The molecule has 0 amide bonds. The Kier molecular flexibility index (Phi) is 3.87. The summed E-state index contributed by atoms with van der Waals surface area (Å²) in [6.45, 7) is 3.77. The number of benzene rings is 1. The third kappa shape index (κ3) is 2.83. The molecular formula is C17H21NO. The molecule has 0 aromatic heterocycles. The van der Waals surface area contributed by atoms with E-state index in [1.807, 2.05) is 6.07 Å². The van der Waals surface area contributed by atoms with Crippen molar-refractivity contribution in [2.24, 2.45) is 0 Å². The third-order valence-electron chi connectivity index (χ3n) is 4.26. The van der Waals surface area contributed by atoms with Gasteiger partial charge in [-0.2, -0.15) is 0 Å². The Hall–Kier alpha value is -1.30. The molecule has 1 heterocycles. The van der Waals surface area contributed by atoms with Crippen molar-refractivity contribution < 1.29 is 4.74 Å². The molecule has 2 heteroatoms. The summed E-state index contributed by atoms with van der Waals surface area (Å²) >= 11 is 0. The fourth-order valence-electron chi connectivity index (χ4n) is 3.18. The number of rotatable bonds is 1. The van der Waals surface area contributed by atoms with Crippen LogP contribution < -0.4 is 0 Å². The minimum absolute atomic E-state index is 0.111. The Bertz CT molecular complexity index is 459. The van der Waals surface area contributed by atoms with Gasteiger partial charge in [-0.3, -0.25) is 4.90 Å². The quantitative estimate of drug-likeness (QED) is 0.715. The van der Waals surface area contributed by atoms with E-state index in [2.05, 4.69) is 41.0 Å². The second-order valence-electron chi connectivity index (χ2n) is 5.45. The minimum Gasteiger partial charge on any atom is -0.379 e. The van der Waals surface area contributed by atoms with Crippen LogP contribution in [0.25, 0.3) is 0 Å². The van der Waals surface area contributed by atoms with Crippen molar-refractivity contribution in [2.45, 2.75) is 31.2 Å². The van der Waals surface area contributed by atoms with Gasteiger partial charge < -0.3 is 4.74 Å². The van der Waals surface area contributed by atoms with Crippen molar-refractivity contribution in [3.8, 4) is 11.8 Å². The number of ether oxygens (including phenoxy) is 1. The van der Waals surface area contributed by atoms with Crippen LogP contribution in [0.5, 0.6) is 0 Å². The number of morpholine rings is 1. The van der Waals surface area contributed by atoms with Crippen LogP contribution >= 0.6 is 0 Å². The van der Waals surface area contributed by atoms with Crippen LogP contribution in [0.3, 0.4) is 0 Å². The van der Waals surface area contributed by atoms with Gasteiger partial charge in [0.2, 0.25) is 0 Å². The van der Waals surface area contributed by atoms with Gasteiger partial charge in [0.25, 0.3) is 0 Å². The fraction of sp³-hybridized carbons (Fsp3) is 0.529. The molecule has 2 aliphatic rings. The zero-order valence-corrected chi connectivity index (χ0v) is 11.4. The number of hydrogen-bond acceptors (Lipinski definition) is 2. The molecule has 19 heavy (non-hydrogen) atoms. The van der Waals surface area contributed by atoms with Crippen LogP contribution in [0, 0.1) is 11.8 Å². The fourth-order valence-corrected chi connectivity index (χ4v) is 3.18. The van der Waals surface area contributed by atoms with Crippen molar-refractivity contribution in [3.05, 3.63) is 35.9 Å². The van der Waals surface area contributed by atoms with E-state index in [1.165, 1.54) is 25.7 Å². The second kappa shape index (κ2) is 5.77. The maximum Gasteiger partial charge on any atom is 0.0831 e. The molecule has 2 fully saturated rings. The summed E-state index contributed by atoms with van der Waals surface area (Å²) in [6.07, 6.45) is 5.04. The zero-order valence-electron chi connectivity index (χ0n) is 11.4. The molecule has 2 nitrogen and oxygen atoms in total. The van der Waals surface area contributed by atoms with Gasteiger partial charge in [0.1, 0.15) is 0 Å². The topological polar surface area (TPSA) is 12.5 Å². The Morgan fingerprint density at radius 2 is 1.68 bits per heavy atom. The van der Waals surface area contributed by atoms with Crippen LogP contribution in [0.15, 0.2) is 30.3 Å². The summed E-state index contributed by atoms with van der Waals surface area (Å²) in [7, 11) is 0. The average Bonchev–Trinajstić information content (AvgIpc) is 2.97. The summed E-state index contributed by atoms with van der Waals surface area (Å²) < 4.78 is 5.48. The summed E-state index contributed by atoms with van der Waals surface area (Å²) in [6, 6.07) is 10.3. The van der Waals surface area contributed by atoms with E-state index < -0.39 is 0 Å². The van der Waals surface area contributed by atoms with E-state index in [4.69, 9.17) is 4.74 Å². The normalized spacial score (nSPS) is 22.7. The molecule has 0 unspecified atom stereocenters. The van der Waals surface area contributed by atoms with Gasteiger partial charge in [0, 0.05) is 18.7 Å². The summed E-state index contributed by atoms with van der Waals surface area (Å²) in [4.78, 5) is 2.56. The van der Waals surface area contributed by atoms with E-state index in [1.54, 1.807) is 0 Å². The highest BCUT2D eigenvalue weighted by Gasteiger charge is 2.38. The standard InChI is InChI=1S/C17H21NO/c1-2-6-16(7-3-1)8-11-17(9-4-5-10-17)18-12-14-19-15-13-18/h1-3,6-7H,4-5,9-10,12-15H2. The molecule has 1 aromatic carbocycles. The second-order valence-corrected chi connectivity index (χ2v) is 5.45. The van der Waals surface area contributed by atoms with Gasteiger partial charge in [-0.1, -0.05) is 42.9 Å². The van der Waals surface area contributed by atoms with Crippen LogP contribution in [0.4, 0.5) is 0 Å². The number of hydrogen-bond donors (Lipinski definition) is 0. The molecular weight excluding hydrogens is 234 g/mol. The monoisotopic (exact) mass is 255 g/mol. The van der Waals surface area contributed by atoms with Crippen molar-refractivity contribution >= 4 is 0 Å². The van der Waals surface area contributed by atoms with Crippen LogP contribution in [-0.4, -0.2) is 36.7 Å². The Labute approximate surface area is 115 Å². The summed E-state index contributed by atoms with van der Waals surface area (Å²) in [5, 5.41) is 0. The molecule has 1 saturated heterocycles. The summed E-state index contributed by atoms with van der Waals surface area (Å²) in [5.41, 5.74) is 1.24. The van der Waals surface area contributed by atoms with Crippen molar-refractivity contribution in [1.29, 1.82) is 0 Å². The molecule has 0 spiro atoms.